The SMILES string of the molecule is CC(=O)Nc1cccc(Nc2cc(NCCC(C)C)ncn2)c1. The smallest absolute Gasteiger partial charge is 0.221 e. The first-order valence-corrected chi connectivity index (χ1v) is 7.73. The lowest BCUT2D eigenvalue weighted by Crippen LogP contribution is -2.07. The summed E-state index contributed by atoms with van der Waals surface area (Å²) in [5.74, 6) is 2.05. The molecule has 1 amide bonds. The molecule has 6 heteroatoms. The van der Waals surface area contributed by atoms with Crippen LogP contribution in [0.1, 0.15) is 27.2 Å². The molecule has 1 aromatic heterocycles. The number of nitrogens with zero attached hydrogens (tertiary/aromatic N) is 2. The van der Waals surface area contributed by atoms with Crippen LogP contribution >= 0.6 is 0 Å². The molecule has 0 unspecified atom stereocenters. The van der Waals surface area contributed by atoms with Gasteiger partial charge in [0.05, 0.1) is 0 Å². The molecule has 2 aromatic rings. The summed E-state index contributed by atoms with van der Waals surface area (Å²) in [6.07, 6.45) is 2.61. The molecule has 0 atom stereocenters. The Morgan fingerprint density at radius 2 is 1.87 bits per heavy atom. The maximum absolute atomic E-state index is 11.1. The monoisotopic (exact) mass is 313 g/mol. The van der Waals surface area contributed by atoms with Gasteiger partial charge in [0, 0.05) is 30.9 Å². The number of carbonyl (C=O) groups is 1. The lowest BCUT2D eigenvalue weighted by atomic mass is 10.1. The molecule has 3 N–H and O–H groups in total. The van der Waals surface area contributed by atoms with Crippen molar-refractivity contribution in [3.63, 3.8) is 0 Å². The quantitative estimate of drug-likeness (QED) is 0.727. The highest BCUT2D eigenvalue weighted by Crippen LogP contribution is 2.20. The molecule has 0 radical (unpaired) electrons. The average Bonchev–Trinajstić information content (AvgIpc) is 2.47. The first kappa shape index (κ1) is 16.7. The molecule has 0 saturated heterocycles. The van der Waals surface area contributed by atoms with Gasteiger partial charge >= 0.3 is 0 Å². The summed E-state index contributed by atoms with van der Waals surface area (Å²) >= 11 is 0. The van der Waals surface area contributed by atoms with Gasteiger partial charge in [-0.2, -0.15) is 0 Å². The highest BCUT2D eigenvalue weighted by molar-refractivity contribution is 5.89. The van der Waals surface area contributed by atoms with Gasteiger partial charge in [0.25, 0.3) is 0 Å². The minimum Gasteiger partial charge on any atom is -0.370 e. The summed E-state index contributed by atoms with van der Waals surface area (Å²) in [4.78, 5) is 19.5. The Morgan fingerprint density at radius 3 is 2.61 bits per heavy atom. The van der Waals surface area contributed by atoms with Gasteiger partial charge in [0.15, 0.2) is 0 Å². The fourth-order valence-corrected chi connectivity index (χ4v) is 2.04. The molecule has 2 rings (SSSR count). The van der Waals surface area contributed by atoms with Gasteiger partial charge in [-0.3, -0.25) is 4.79 Å². The second-order valence-electron chi connectivity index (χ2n) is 5.78. The number of anilines is 4. The zero-order valence-electron chi connectivity index (χ0n) is 13.8. The van der Waals surface area contributed by atoms with E-state index in [1.165, 1.54) is 13.3 Å². The van der Waals surface area contributed by atoms with E-state index >= 15 is 0 Å². The largest absolute Gasteiger partial charge is 0.370 e. The molecule has 0 aliphatic rings. The molecule has 0 bridgehead atoms. The molecule has 0 spiro atoms. The lowest BCUT2D eigenvalue weighted by Gasteiger charge is -2.10. The van der Waals surface area contributed by atoms with Crippen LogP contribution in [0.2, 0.25) is 0 Å². The first-order valence-electron chi connectivity index (χ1n) is 7.73. The molecule has 1 heterocycles. The van der Waals surface area contributed by atoms with Gasteiger partial charge in [-0.25, -0.2) is 9.97 Å². The van der Waals surface area contributed by atoms with Crippen LogP contribution in [0.3, 0.4) is 0 Å². The van der Waals surface area contributed by atoms with Crippen molar-refractivity contribution in [3.8, 4) is 0 Å². The minimum atomic E-state index is -0.0965. The van der Waals surface area contributed by atoms with Crippen molar-refractivity contribution in [1.29, 1.82) is 0 Å². The fourth-order valence-electron chi connectivity index (χ4n) is 2.04. The van der Waals surface area contributed by atoms with Gasteiger partial charge in [-0.1, -0.05) is 19.9 Å². The molecule has 6 nitrogen and oxygen atoms in total. The van der Waals surface area contributed by atoms with Crippen molar-refractivity contribution in [2.75, 3.05) is 22.5 Å². The summed E-state index contributed by atoms with van der Waals surface area (Å²) < 4.78 is 0. The number of hydrogen-bond donors (Lipinski definition) is 3. The second-order valence-corrected chi connectivity index (χ2v) is 5.78. The van der Waals surface area contributed by atoms with E-state index in [9.17, 15) is 4.79 Å². The van der Waals surface area contributed by atoms with Crippen LogP contribution in [-0.4, -0.2) is 22.4 Å². The number of amides is 1. The highest BCUT2D eigenvalue weighted by atomic mass is 16.1. The normalized spacial score (nSPS) is 10.4. The molecule has 0 saturated carbocycles. The van der Waals surface area contributed by atoms with Crippen LogP contribution in [0, 0.1) is 5.92 Å². The molecular formula is C17H23N5O. The number of benzene rings is 1. The van der Waals surface area contributed by atoms with Crippen LogP contribution in [0.15, 0.2) is 36.7 Å². The Balaban J connectivity index is 2.01. The Labute approximate surface area is 136 Å². The van der Waals surface area contributed by atoms with E-state index in [0.717, 1.165) is 30.2 Å². The zero-order chi connectivity index (χ0) is 16.7. The number of aromatic nitrogens is 2. The maximum Gasteiger partial charge on any atom is 0.221 e. The van der Waals surface area contributed by atoms with Crippen molar-refractivity contribution >= 4 is 28.9 Å². The standard InChI is InChI=1S/C17H23N5O/c1-12(2)7-8-18-16-10-17(20-11-19-16)22-15-6-4-5-14(9-15)21-13(3)23/h4-6,9-12H,7-8H2,1-3H3,(H,21,23)(H2,18,19,20,22). The molecule has 23 heavy (non-hydrogen) atoms. The number of carbonyl (C=O) groups excluding carboxylic acids is 1. The minimum absolute atomic E-state index is 0.0965. The van der Waals surface area contributed by atoms with E-state index < -0.39 is 0 Å². The zero-order valence-corrected chi connectivity index (χ0v) is 13.8. The predicted molar refractivity (Wildman–Crippen MR) is 94.0 cm³/mol. The predicted octanol–water partition coefficient (Wildman–Crippen LogP) is 3.64. The Kier molecular flexibility index (Phi) is 5.91. The van der Waals surface area contributed by atoms with Crippen LogP contribution in [0.5, 0.6) is 0 Å². The molecule has 0 aliphatic carbocycles. The summed E-state index contributed by atoms with van der Waals surface area (Å²) in [5.41, 5.74) is 1.59. The summed E-state index contributed by atoms with van der Waals surface area (Å²) in [5, 5.41) is 9.26. The van der Waals surface area contributed by atoms with Gasteiger partial charge in [-0.05, 0) is 30.5 Å². The van der Waals surface area contributed by atoms with E-state index in [0.29, 0.717) is 11.7 Å². The third kappa shape index (κ3) is 5.94. The second kappa shape index (κ2) is 8.12. The average molecular weight is 313 g/mol. The van der Waals surface area contributed by atoms with Crippen molar-refractivity contribution < 1.29 is 4.79 Å². The van der Waals surface area contributed by atoms with Crippen molar-refractivity contribution in [1.82, 2.24) is 9.97 Å². The Morgan fingerprint density at radius 1 is 1.13 bits per heavy atom. The van der Waals surface area contributed by atoms with Crippen molar-refractivity contribution in [3.05, 3.63) is 36.7 Å². The van der Waals surface area contributed by atoms with Crippen LogP contribution < -0.4 is 16.0 Å². The first-order chi connectivity index (χ1) is 11.0. The van der Waals surface area contributed by atoms with Gasteiger partial charge in [-0.15, -0.1) is 0 Å². The van der Waals surface area contributed by atoms with Gasteiger partial charge in [0.1, 0.15) is 18.0 Å². The molecule has 1 aromatic carbocycles. The third-order valence-electron chi connectivity index (χ3n) is 3.15. The van der Waals surface area contributed by atoms with E-state index in [1.54, 1.807) is 0 Å². The van der Waals surface area contributed by atoms with Gasteiger partial charge < -0.3 is 16.0 Å². The lowest BCUT2D eigenvalue weighted by molar-refractivity contribution is -0.114. The van der Waals surface area contributed by atoms with Crippen molar-refractivity contribution in [2.45, 2.75) is 27.2 Å². The third-order valence-corrected chi connectivity index (χ3v) is 3.15. The molecular weight excluding hydrogens is 290 g/mol. The van der Waals surface area contributed by atoms with Gasteiger partial charge in [0.2, 0.25) is 5.91 Å². The number of rotatable bonds is 7. The Bertz CT molecular complexity index is 657. The number of hydrogen-bond acceptors (Lipinski definition) is 5. The summed E-state index contributed by atoms with van der Waals surface area (Å²) in [6.45, 7) is 6.75. The van der Waals surface area contributed by atoms with E-state index in [-0.39, 0.29) is 5.91 Å². The van der Waals surface area contributed by atoms with E-state index in [4.69, 9.17) is 0 Å². The maximum atomic E-state index is 11.1. The highest BCUT2D eigenvalue weighted by Gasteiger charge is 2.02. The van der Waals surface area contributed by atoms with E-state index in [2.05, 4.69) is 39.8 Å². The summed E-state index contributed by atoms with van der Waals surface area (Å²) in [7, 11) is 0. The molecule has 0 fully saturated rings. The molecule has 0 aliphatic heterocycles. The van der Waals surface area contributed by atoms with Crippen LogP contribution in [0.4, 0.5) is 23.0 Å². The van der Waals surface area contributed by atoms with Crippen LogP contribution in [-0.2, 0) is 4.79 Å². The molecule has 122 valence electrons. The summed E-state index contributed by atoms with van der Waals surface area (Å²) in [6, 6.07) is 9.35. The number of nitrogens with one attached hydrogen (secondary N) is 3. The van der Waals surface area contributed by atoms with Crippen LogP contribution in [0.25, 0.3) is 0 Å². The van der Waals surface area contributed by atoms with E-state index in [1.807, 2.05) is 30.3 Å². The topological polar surface area (TPSA) is 78.9 Å². The fraction of sp³-hybridized carbons (Fsp3) is 0.353. The van der Waals surface area contributed by atoms with Crippen molar-refractivity contribution in [2.24, 2.45) is 5.92 Å². The Hall–Kier alpha value is -2.63.